The SMILES string of the molecule is CS(=O)(=O)O.Cc1cc(N=Nc2c(C)c(C(N)=O)c3nc4ccccc4n3c2O)c(OCCCS(=O)(=O)O)cc1N=Nc1ccc(N=Nc2ccccc2)cc1S(=O)(=O)O.O=S(=O)=O. The van der Waals surface area contributed by atoms with Gasteiger partial charge in [0.15, 0.2) is 5.65 Å². The summed E-state index contributed by atoms with van der Waals surface area (Å²) in [6.45, 7) is 2.94. The molecule has 0 unspecified atom stereocenters. The van der Waals surface area contributed by atoms with Gasteiger partial charge in [0.2, 0.25) is 5.88 Å². The molecule has 0 aliphatic heterocycles. The lowest BCUT2D eigenvalue weighted by Crippen LogP contribution is -2.15. The van der Waals surface area contributed by atoms with E-state index in [2.05, 4.69) is 35.7 Å². The summed E-state index contributed by atoms with van der Waals surface area (Å²) < 4.78 is 125. The Hall–Kier alpha value is -6.95. The second-order valence-electron chi connectivity index (χ2n) is 12.9. The predicted octanol–water partition coefficient (Wildman–Crippen LogP) is 6.56. The van der Waals surface area contributed by atoms with Crippen LogP contribution in [-0.4, -0.2) is 90.6 Å². The van der Waals surface area contributed by atoms with Crippen LogP contribution < -0.4 is 10.5 Å². The summed E-state index contributed by atoms with van der Waals surface area (Å²) in [6, 6.07) is 22.2. The molecule has 6 N–H and O–H groups in total. The number of primary amides is 1. The molecule has 0 fully saturated rings. The van der Waals surface area contributed by atoms with Gasteiger partial charge in [0, 0.05) is 6.07 Å². The number of hydrogen-bond acceptors (Lipinski definition) is 19. The minimum Gasteiger partial charge on any atom is -0.493 e. The molecule has 24 nitrogen and oxygen atoms in total. The molecule has 0 spiro atoms. The standard InChI is InChI=1S/C35H31N9O9S2.CH4O3S.O3S/c1-20-17-27(42-43-32-21(2)31(33(36)45)34-37-24-11-6-7-12-28(24)44(34)35(32)46)29(53-15-8-16-54(47,48)49)19-26(20)41-40-25-14-13-23(18-30(25)55(50,51)52)39-38-22-9-4-3-5-10-22;1-5(2,3)4;1-4(2)3/h3-7,9-14,17-19,46H,8,15-16H2,1-2H3,(H2,36,45)(H,47,48,49)(H,50,51,52);1H3,(H,2,3,4);. The van der Waals surface area contributed by atoms with Crippen LogP contribution in [0.5, 0.6) is 11.6 Å². The molecule has 6 aromatic rings. The number of amides is 1. The average molecular weight is 962 g/mol. The van der Waals surface area contributed by atoms with Crippen molar-refractivity contribution in [3.05, 3.63) is 102 Å². The molecule has 0 saturated carbocycles. The van der Waals surface area contributed by atoms with Crippen molar-refractivity contribution in [2.45, 2.75) is 25.2 Å². The number of fused-ring (bicyclic) bond motifs is 3. The minimum atomic E-state index is -4.80. The van der Waals surface area contributed by atoms with Crippen molar-refractivity contribution >= 4 is 97.7 Å². The molecule has 0 aliphatic carbocycles. The monoisotopic (exact) mass is 961 g/mol. The van der Waals surface area contributed by atoms with Gasteiger partial charge in [-0.25, -0.2) is 4.98 Å². The van der Waals surface area contributed by atoms with Crippen LogP contribution in [0.2, 0.25) is 0 Å². The van der Waals surface area contributed by atoms with E-state index in [9.17, 15) is 44.3 Å². The minimum absolute atomic E-state index is 0.00624. The number of rotatable bonds is 13. The molecule has 2 heterocycles. The Kier molecular flexibility index (Phi) is 16.3. The fraction of sp³-hybridized carbons (Fsp3) is 0.167. The zero-order chi connectivity index (χ0) is 47.6. The lowest BCUT2D eigenvalue weighted by Gasteiger charge is -2.12. The lowest BCUT2D eigenvalue weighted by atomic mass is 10.1. The molecule has 338 valence electrons. The van der Waals surface area contributed by atoms with Crippen LogP contribution in [0.1, 0.15) is 27.9 Å². The third-order valence-corrected chi connectivity index (χ3v) is 9.74. The van der Waals surface area contributed by atoms with Crippen molar-refractivity contribution in [2.75, 3.05) is 18.6 Å². The van der Waals surface area contributed by atoms with Gasteiger partial charge in [0.25, 0.3) is 36.3 Å². The van der Waals surface area contributed by atoms with Crippen LogP contribution in [0.25, 0.3) is 16.7 Å². The molecule has 0 aliphatic rings. The molecule has 0 bridgehead atoms. The molecule has 64 heavy (non-hydrogen) atoms. The van der Waals surface area contributed by atoms with E-state index in [1.807, 2.05) is 0 Å². The predicted molar refractivity (Wildman–Crippen MR) is 228 cm³/mol. The number of benzene rings is 4. The summed E-state index contributed by atoms with van der Waals surface area (Å²) in [4.78, 5) is 16.5. The highest BCUT2D eigenvalue weighted by Crippen LogP contribution is 2.41. The number of carbonyl (C=O) groups excluding carboxylic acids is 1. The molecule has 0 atom stereocenters. The Balaban J connectivity index is 0.000000909. The van der Waals surface area contributed by atoms with Gasteiger partial charge in [0.05, 0.1) is 52.3 Å². The Morgan fingerprint density at radius 2 is 1.34 bits per heavy atom. The number of aromatic nitrogens is 2. The number of aromatic hydroxyl groups is 1. The van der Waals surface area contributed by atoms with Gasteiger partial charge in [-0.2, -0.15) is 40.6 Å². The first kappa shape index (κ1) is 49.7. The largest absolute Gasteiger partial charge is 0.493 e. The normalized spacial score (nSPS) is 12.0. The summed E-state index contributed by atoms with van der Waals surface area (Å²) >= 11 is 0. The Labute approximate surface area is 365 Å². The van der Waals surface area contributed by atoms with Gasteiger partial charge in [-0.1, -0.05) is 30.3 Å². The third kappa shape index (κ3) is 14.3. The van der Waals surface area contributed by atoms with Crippen LogP contribution in [-0.2, 0) is 41.0 Å². The van der Waals surface area contributed by atoms with Crippen molar-refractivity contribution in [3.63, 3.8) is 0 Å². The van der Waals surface area contributed by atoms with Crippen LogP contribution >= 0.6 is 0 Å². The van der Waals surface area contributed by atoms with E-state index in [1.54, 1.807) is 61.5 Å². The summed E-state index contributed by atoms with van der Waals surface area (Å²) in [5, 5.41) is 36.3. The quantitative estimate of drug-likeness (QED) is 0.0465. The first-order chi connectivity index (χ1) is 29.8. The molecule has 6 rings (SSSR count). The van der Waals surface area contributed by atoms with Crippen molar-refractivity contribution in [2.24, 2.45) is 36.4 Å². The zero-order valence-corrected chi connectivity index (χ0v) is 36.5. The number of pyridine rings is 1. The number of aryl methyl sites for hydroxylation is 1. The first-order valence-corrected chi connectivity index (χ1v) is 23.5. The highest BCUT2D eigenvalue weighted by Gasteiger charge is 2.24. The number of azo groups is 3. The number of hydrogen-bond donors (Lipinski definition) is 5. The van der Waals surface area contributed by atoms with E-state index >= 15 is 0 Å². The van der Waals surface area contributed by atoms with Gasteiger partial charge >= 0.3 is 10.6 Å². The van der Waals surface area contributed by atoms with E-state index in [0.29, 0.717) is 28.5 Å². The van der Waals surface area contributed by atoms with Crippen LogP contribution in [0, 0.1) is 13.8 Å². The third-order valence-electron chi connectivity index (χ3n) is 8.05. The maximum Gasteiger partial charge on any atom is 0.425 e. The fourth-order valence-corrected chi connectivity index (χ4v) is 6.57. The van der Waals surface area contributed by atoms with Crippen molar-refractivity contribution < 1.29 is 66.2 Å². The fourth-order valence-electron chi connectivity index (χ4n) is 5.45. The van der Waals surface area contributed by atoms with E-state index in [-0.39, 0.29) is 69.9 Å². The van der Waals surface area contributed by atoms with E-state index in [1.165, 1.54) is 35.6 Å². The molecule has 1 amide bonds. The number of nitrogens with zero attached hydrogens (tertiary/aromatic N) is 8. The zero-order valence-electron chi connectivity index (χ0n) is 33.3. The van der Waals surface area contributed by atoms with Crippen LogP contribution in [0.3, 0.4) is 0 Å². The highest BCUT2D eigenvalue weighted by atomic mass is 32.2. The summed E-state index contributed by atoms with van der Waals surface area (Å²) in [5.41, 5.74) is 7.99. The number of nitrogens with two attached hydrogens (primary N) is 1. The topological polar surface area (TPSA) is 378 Å². The number of ether oxygens (including phenoxy) is 1. The van der Waals surface area contributed by atoms with Crippen molar-refractivity contribution in [3.8, 4) is 11.6 Å². The van der Waals surface area contributed by atoms with Crippen LogP contribution in [0.15, 0.2) is 121 Å². The van der Waals surface area contributed by atoms with Crippen molar-refractivity contribution in [1.29, 1.82) is 0 Å². The van der Waals surface area contributed by atoms with E-state index in [4.69, 9.17) is 27.6 Å². The van der Waals surface area contributed by atoms with Gasteiger partial charge in [-0.3, -0.25) is 22.9 Å². The molecule has 4 aromatic carbocycles. The number of carbonyl (C=O) groups is 1. The van der Waals surface area contributed by atoms with Gasteiger partial charge in [-0.15, -0.1) is 28.0 Å². The maximum atomic E-state index is 12.6. The number of imidazole rings is 1. The van der Waals surface area contributed by atoms with E-state index < -0.39 is 57.5 Å². The molecular weight excluding hydrogens is 927 g/mol. The Morgan fingerprint density at radius 1 is 0.766 bits per heavy atom. The molecule has 0 radical (unpaired) electrons. The molecule has 28 heteroatoms. The molecule has 2 aromatic heterocycles. The molecule has 0 saturated heterocycles. The van der Waals surface area contributed by atoms with Crippen molar-refractivity contribution in [1.82, 2.24) is 9.38 Å². The highest BCUT2D eigenvalue weighted by molar-refractivity contribution is 7.86. The first-order valence-electron chi connectivity index (χ1n) is 17.6. The summed E-state index contributed by atoms with van der Waals surface area (Å²) in [7, 11) is -15.9. The van der Waals surface area contributed by atoms with Gasteiger partial charge in [0.1, 0.15) is 27.7 Å². The number of para-hydroxylation sites is 2. The second-order valence-corrected chi connectivity index (χ2v) is 17.7. The van der Waals surface area contributed by atoms with Gasteiger partial charge < -0.3 is 15.6 Å². The summed E-state index contributed by atoms with van der Waals surface area (Å²) in [5.74, 6) is -1.78. The van der Waals surface area contributed by atoms with Gasteiger partial charge in [-0.05, 0) is 79.9 Å². The van der Waals surface area contributed by atoms with E-state index in [0.717, 1.165) is 6.07 Å². The Bertz CT molecular complexity index is 3280. The van der Waals surface area contributed by atoms with Crippen LogP contribution in [0.4, 0.5) is 34.1 Å². The maximum absolute atomic E-state index is 12.6. The lowest BCUT2D eigenvalue weighted by molar-refractivity contribution is 0.100. The summed E-state index contributed by atoms with van der Waals surface area (Å²) in [6.07, 6.45) is 0.602. The average Bonchev–Trinajstić information content (AvgIpc) is 3.57. The molecular formula is C36H35N9O15S4. The second kappa shape index (κ2) is 20.9. The smallest absolute Gasteiger partial charge is 0.425 e. The Morgan fingerprint density at radius 3 is 1.95 bits per heavy atom.